The Bertz CT molecular complexity index is 541. The summed E-state index contributed by atoms with van der Waals surface area (Å²) in [4.78, 5) is 14.3. The van der Waals surface area contributed by atoms with E-state index in [1.165, 1.54) is 0 Å². The molecule has 1 atom stereocenters. The Labute approximate surface area is 112 Å². The lowest BCUT2D eigenvalue weighted by Gasteiger charge is -2.18. The SMILES string of the molecule is COc1cc2c(c(OC)c1OC)C1CCCN1C2=O. The third-order valence-electron chi connectivity index (χ3n) is 3.95. The first-order valence-electron chi connectivity index (χ1n) is 6.36. The third kappa shape index (κ3) is 1.50. The highest BCUT2D eigenvalue weighted by Gasteiger charge is 2.43. The number of benzene rings is 1. The summed E-state index contributed by atoms with van der Waals surface area (Å²) in [5.74, 6) is 1.79. The molecule has 1 saturated heterocycles. The van der Waals surface area contributed by atoms with Crippen LogP contribution in [0.2, 0.25) is 0 Å². The van der Waals surface area contributed by atoms with Gasteiger partial charge in [-0.3, -0.25) is 4.79 Å². The molecule has 5 nitrogen and oxygen atoms in total. The molecule has 0 N–H and O–H groups in total. The topological polar surface area (TPSA) is 48.0 Å². The van der Waals surface area contributed by atoms with Crippen molar-refractivity contribution in [1.29, 1.82) is 0 Å². The summed E-state index contributed by atoms with van der Waals surface area (Å²) in [6.45, 7) is 0.811. The van der Waals surface area contributed by atoms with Crippen LogP contribution in [0.15, 0.2) is 6.07 Å². The Hall–Kier alpha value is -1.91. The van der Waals surface area contributed by atoms with Crippen molar-refractivity contribution in [1.82, 2.24) is 4.90 Å². The monoisotopic (exact) mass is 263 g/mol. The minimum Gasteiger partial charge on any atom is -0.493 e. The van der Waals surface area contributed by atoms with Gasteiger partial charge in [0, 0.05) is 12.1 Å². The van der Waals surface area contributed by atoms with E-state index in [-0.39, 0.29) is 11.9 Å². The van der Waals surface area contributed by atoms with Gasteiger partial charge in [-0.2, -0.15) is 0 Å². The first-order chi connectivity index (χ1) is 9.22. The van der Waals surface area contributed by atoms with Gasteiger partial charge in [0.25, 0.3) is 5.91 Å². The van der Waals surface area contributed by atoms with E-state index in [1.807, 2.05) is 4.90 Å². The molecule has 1 aromatic rings. The van der Waals surface area contributed by atoms with E-state index in [9.17, 15) is 4.79 Å². The standard InChI is InChI=1S/C14H17NO4/c1-17-10-7-8-11(13(19-3)12(10)18-2)9-5-4-6-15(9)14(8)16/h7,9H,4-6H2,1-3H3. The van der Waals surface area contributed by atoms with Crippen LogP contribution in [0.5, 0.6) is 17.2 Å². The minimum absolute atomic E-state index is 0.0664. The molecule has 19 heavy (non-hydrogen) atoms. The van der Waals surface area contributed by atoms with E-state index >= 15 is 0 Å². The zero-order valence-corrected chi connectivity index (χ0v) is 11.4. The van der Waals surface area contributed by atoms with Crippen molar-refractivity contribution in [3.8, 4) is 17.2 Å². The number of carbonyl (C=O) groups excluding carboxylic acids is 1. The Balaban J connectivity index is 2.25. The fraction of sp³-hybridized carbons (Fsp3) is 0.500. The lowest BCUT2D eigenvalue weighted by Crippen LogP contribution is -2.22. The summed E-state index contributed by atoms with van der Waals surface area (Å²) in [6, 6.07) is 1.88. The van der Waals surface area contributed by atoms with Gasteiger partial charge in [-0.1, -0.05) is 0 Å². The van der Waals surface area contributed by atoms with Gasteiger partial charge >= 0.3 is 0 Å². The van der Waals surface area contributed by atoms with E-state index in [0.717, 1.165) is 24.9 Å². The molecular weight excluding hydrogens is 246 g/mol. The van der Waals surface area contributed by atoms with Crippen molar-refractivity contribution in [2.45, 2.75) is 18.9 Å². The van der Waals surface area contributed by atoms with Gasteiger partial charge in [-0.05, 0) is 18.9 Å². The molecular formula is C14H17NO4. The first-order valence-corrected chi connectivity index (χ1v) is 6.36. The number of fused-ring (bicyclic) bond motifs is 3. The Morgan fingerprint density at radius 3 is 2.53 bits per heavy atom. The Kier molecular flexibility index (Phi) is 2.77. The minimum atomic E-state index is 0.0664. The summed E-state index contributed by atoms with van der Waals surface area (Å²) in [5.41, 5.74) is 1.63. The molecule has 1 aromatic carbocycles. The molecule has 0 radical (unpaired) electrons. The second-order valence-corrected chi connectivity index (χ2v) is 4.76. The average Bonchev–Trinajstić information content (AvgIpc) is 3.00. The number of hydrogen-bond acceptors (Lipinski definition) is 4. The van der Waals surface area contributed by atoms with Crippen LogP contribution in [0.1, 0.15) is 34.8 Å². The first kappa shape index (κ1) is 12.1. The van der Waals surface area contributed by atoms with Crippen LogP contribution in [0, 0.1) is 0 Å². The van der Waals surface area contributed by atoms with Crippen LogP contribution in [0.25, 0.3) is 0 Å². The third-order valence-corrected chi connectivity index (χ3v) is 3.95. The zero-order chi connectivity index (χ0) is 13.6. The molecule has 2 aliphatic rings. The molecule has 3 rings (SSSR count). The lowest BCUT2D eigenvalue weighted by molar-refractivity contribution is 0.0776. The summed E-state index contributed by atoms with van der Waals surface area (Å²) >= 11 is 0. The highest BCUT2D eigenvalue weighted by molar-refractivity contribution is 6.01. The number of hydrogen-bond donors (Lipinski definition) is 0. The molecule has 0 spiro atoms. The van der Waals surface area contributed by atoms with Gasteiger partial charge in [0.1, 0.15) is 0 Å². The second-order valence-electron chi connectivity index (χ2n) is 4.76. The van der Waals surface area contributed by atoms with Gasteiger partial charge in [0.05, 0.1) is 32.9 Å². The normalized spacial score (nSPS) is 20.3. The maximum absolute atomic E-state index is 12.4. The van der Waals surface area contributed by atoms with Crippen LogP contribution >= 0.6 is 0 Å². The Morgan fingerprint density at radius 2 is 1.89 bits per heavy atom. The number of ether oxygens (including phenoxy) is 3. The summed E-state index contributed by atoms with van der Waals surface area (Å²) in [6.07, 6.45) is 2.01. The summed E-state index contributed by atoms with van der Waals surface area (Å²) in [5, 5.41) is 0. The van der Waals surface area contributed by atoms with E-state index in [2.05, 4.69) is 0 Å². The quantitative estimate of drug-likeness (QED) is 0.837. The van der Waals surface area contributed by atoms with Crippen LogP contribution in [0.3, 0.4) is 0 Å². The molecule has 1 amide bonds. The van der Waals surface area contributed by atoms with E-state index in [1.54, 1.807) is 27.4 Å². The molecule has 1 fully saturated rings. The number of amides is 1. The number of rotatable bonds is 3. The van der Waals surface area contributed by atoms with Crippen molar-refractivity contribution >= 4 is 5.91 Å². The van der Waals surface area contributed by atoms with Crippen LogP contribution in [0.4, 0.5) is 0 Å². The average molecular weight is 263 g/mol. The Morgan fingerprint density at radius 1 is 1.16 bits per heavy atom. The van der Waals surface area contributed by atoms with E-state index in [0.29, 0.717) is 22.8 Å². The van der Waals surface area contributed by atoms with Gasteiger partial charge in [0.15, 0.2) is 11.5 Å². The summed E-state index contributed by atoms with van der Waals surface area (Å²) in [7, 11) is 4.74. The van der Waals surface area contributed by atoms with Gasteiger partial charge in [-0.25, -0.2) is 0 Å². The smallest absolute Gasteiger partial charge is 0.255 e. The molecule has 0 aliphatic carbocycles. The number of methoxy groups -OCH3 is 3. The second kappa shape index (κ2) is 4.33. The van der Waals surface area contributed by atoms with Gasteiger partial charge < -0.3 is 19.1 Å². The number of nitrogens with zero attached hydrogens (tertiary/aromatic N) is 1. The molecule has 0 bridgehead atoms. The molecule has 0 saturated carbocycles. The van der Waals surface area contributed by atoms with Crippen molar-refractivity contribution in [2.24, 2.45) is 0 Å². The maximum Gasteiger partial charge on any atom is 0.255 e. The molecule has 0 aromatic heterocycles. The van der Waals surface area contributed by atoms with Crippen LogP contribution in [-0.2, 0) is 0 Å². The van der Waals surface area contributed by atoms with Crippen molar-refractivity contribution in [3.05, 3.63) is 17.2 Å². The van der Waals surface area contributed by atoms with Gasteiger partial charge in [0.2, 0.25) is 5.75 Å². The molecule has 1 unspecified atom stereocenters. The van der Waals surface area contributed by atoms with Crippen molar-refractivity contribution in [2.75, 3.05) is 27.9 Å². The lowest BCUT2D eigenvalue weighted by atomic mass is 10.00. The summed E-state index contributed by atoms with van der Waals surface area (Å²) < 4.78 is 16.2. The van der Waals surface area contributed by atoms with E-state index in [4.69, 9.17) is 14.2 Å². The zero-order valence-electron chi connectivity index (χ0n) is 11.4. The number of carbonyl (C=O) groups is 1. The van der Waals surface area contributed by atoms with Crippen molar-refractivity contribution < 1.29 is 19.0 Å². The molecule has 2 heterocycles. The molecule has 2 aliphatic heterocycles. The predicted octanol–water partition coefficient (Wildman–Crippen LogP) is 2.00. The van der Waals surface area contributed by atoms with Crippen LogP contribution < -0.4 is 14.2 Å². The molecule has 5 heteroatoms. The largest absolute Gasteiger partial charge is 0.493 e. The maximum atomic E-state index is 12.4. The molecule has 102 valence electrons. The fourth-order valence-electron chi connectivity index (χ4n) is 3.15. The van der Waals surface area contributed by atoms with Gasteiger partial charge in [-0.15, -0.1) is 0 Å². The highest BCUT2D eigenvalue weighted by atomic mass is 16.5. The van der Waals surface area contributed by atoms with Crippen LogP contribution in [-0.4, -0.2) is 38.7 Å². The fourth-order valence-corrected chi connectivity index (χ4v) is 3.15. The highest BCUT2D eigenvalue weighted by Crippen LogP contribution is 2.52. The van der Waals surface area contributed by atoms with E-state index < -0.39 is 0 Å². The predicted molar refractivity (Wildman–Crippen MR) is 69.1 cm³/mol. The van der Waals surface area contributed by atoms with Crippen molar-refractivity contribution in [3.63, 3.8) is 0 Å².